The fourth-order valence-corrected chi connectivity index (χ4v) is 4.82. The van der Waals surface area contributed by atoms with Crippen LogP contribution in [0.5, 0.6) is 0 Å². The van der Waals surface area contributed by atoms with Crippen LogP contribution >= 0.6 is 11.6 Å². The van der Waals surface area contributed by atoms with Crippen LogP contribution < -0.4 is 5.32 Å². The van der Waals surface area contributed by atoms with Crippen molar-refractivity contribution < 1.29 is 13.2 Å². The summed E-state index contributed by atoms with van der Waals surface area (Å²) in [5.74, 6) is -0.346. The number of halogens is 1. The highest BCUT2D eigenvalue weighted by molar-refractivity contribution is 7.89. The molecule has 27 heavy (non-hydrogen) atoms. The maximum atomic E-state index is 12.8. The molecule has 0 atom stereocenters. The number of anilines is 1. The van der Waals surface area contributed by atoms with Crippen LogP contribution in [0.2, 0.25) is 5.02 Å². The molecule has 1 saturated heterocycles. The molecule has 2 aromatic carbocycles. The molecular formula is C20H23ClN2O3S. The molecule has 144 valence electrons. The van der Waals surface area contributed by atoms with Crippen molar-refractivity contribution in [1.29, 1.82) is 0 Å². The monoisotopic (exact) mass is 406 g/mol. The van der Waals surface area contributed by atoms with Crippen molar-refractivity contribution in [3.63, 3.8) is 0 Å². The lowest BCUT2D eigenvalue weighted by Crippen LogP contribution is -2.41. The molecule has 1 amide bonds. The average Bonchev–Trinajstić information content (AvgIpc) is 2.65. The highest BCUT2D eigenvalue weighted by Crippen LogP contribution is 2.27. The molecule has 0 aromatic heterocycles. The van der Waals surface area contributed by atoms with E-state index in [9.17, 15) is 13.2 Å². The molecule has 1 aliphatic heterocycles. The lowest BCUT2D eigenvalue weighted by molar-refractivity contribution is -0.120. The third-order valence-corrected chi connectivity index (χ3v) is 7.11. The molecule has 7 heteroatoms. The zero-order chi connectivity index (χ0) is 19.6. The molecule has 1 heterocycles. The molecule has 5 nitrogen and oxygen atoms in total. The first-order valence-electron chi connectivity index (χ1n) is 8.91. The van der Waals surface area contributed by atoms with Crippen LogP contribution in [0, 0.1) is 19.8 Å². The molecule has 1 fully saturated rings. The van der Waals surface area contributed by atoms with Gasteiger partial charge < -0.3 is 5.32 Å². The van der Waals surface area contributed by atoms with Gasteiger partial charge in [-0.15, -0.1) is 0 Å². The van der Waals surface area contributed by atoms with E-state index >= 15 is 0 Å². The summed E-state index contributed by atoms with van der Waals surface area (Å²) in [6, 6.07) is 12.3. The normalized spacial score (nSPS) is 16.3. The SMILES string of the molecule is Cc1ccc(S(=O)(=O)N2CCC(C(=O)Nc3cc(C)ccc3Cl)CC2)cc1. The van der Waals surface area contributed by atoms with Crippen molar-refractivity contribution in [1.82, 2.24) is 4.31 Å². The molecule has 1 N–H and O–H groups in total. The van der Waals surface area contributed by atoms with Crippen LogP contribution in [0.4, 0.5) is 5.69 Å². The average molecular weight is 407 g/mol. The minimum Gasteiger partial charge on any atom is -0.325 e. The lowest BCUT2D eigenvalue weighted by atomic mass is 9.97. The second-order valence-corrected chi connectivity index (χ2v) is 9.31. The van der Waals surface area contributed by atoms with Gasteiger partial charge in [0.15, 0.2) is 0 Å². The number of carbonyl (C=O) groups excluding carboxylic acids is 1. The van der Waals surface area contributed by atoms with Crippen LogP contribution in [-0.4, -0.2) is 31.7 Å². The number of nitrogens with zero attached hydrogens (tertiary/aromatic N) is 1. The van der Waals surface area contributed by atoms with Gasteiger partial charge >= 0.3 is 0 Å². The van der Waals surface area contributed by atoms with Gasteiger partial charge in [0.05, 0.1) is 15.6 Å². The van der Waals surface area contributed by atoms with Gasteiger partial charge in [-0.2, -0.15) is 4.31 Å². The molecule has 2 aromatic rings. The van der Waals surface area contributed by atoms with Crippen LogP contribution in [0.15, 0.2) is 47.4 Å². The first kappa shape index (κ1) is 19.9. The largest absolute Gasteiger partial charge is 0.325 e. The Labute approximate surface area is 165 Å². The van der Waals surface area contributed by atoms with Gasteiger partial charge in [-0.1, -0.05) is 35.4 Å². The maximum absolute atomic E-state index is 12.8. The van der Waals surface area contributed by atoms with Crippen LogP contribution in [-0.2, 0) is 14.8 Å². The predicted molar refractivity (Wildman–Crippen MR) is 107 cm³/mol. The number of amides is 1. The molecule has 0 radical (unpaired) electrons. The zero-order valence-corrected chi connectivity index (χ0v) is 17.0. The number of aryl methyl sites for hydroxylation is 2. The van der Waals surface area contributed by atoms with Gasteiger partial charge in [-0.3, -0.25) is 4.79 Å². The van der Waals surface area contributed by atoms with Crippen molar-refractivity contribution in [3.8, 4) is 0 Å². The van der Waals surface area contributed by atoms with Crippen molar-refractivity contribution in [2.75, 3.05) is 18.4 Å². The van der Waals surface area contributed by atoms with Crippen molar-refractivity contribution >= 4 is 33.2 Å². The van der Waals surface area contributed by atoms with Crippen LogP contribution in [0.3, 0.4) is 0 Å². The van der Waals surface area contributed by atoms with Crippen molar-refractivity contribution in [3.05, 3.63) is 58.6 Å². The Balaban J connectivity index is 1.63. The number of rotatable bonds is 4. The van der Waals surface area contributed by atoms with E-state index in [0.29, 0.717) is 41.5 Å². The smallest absolute Gasteiger partial charge is 0.243 e. The summed E-state index contributed by atoms with van der Waals surface area (Å²) in [7, 11) is -3.52. The number of hydrogen-bond donors (Lipinski definition) is 1. The summed E-state index contributed by atoms with van der Waals surface area (Å²) < 4.78 is 27.0. The van der Waals surface area contributed by atoms with Gasteiger partial charge in [0, 0.05) is 19.0 Å². The summed E-state index contributed by atoms with van der Waals surface area (Å²) in [5.41, 5.74) is 2.62. The van der Waals surface area contributed by atoms with Gasteiger partial charge in [0.1, 0.15) is 0 Å². The second-order valence-electron chi connectivity index (χ2n) is 6.96. The molecule has 0 aliphatic carbocycles. The lowest BCUT2D eigenvalue weighted by Gasteiger charge is -2.30. The summed E-state index contributed by atoms with van der Waals surface area (Å²) in [5, 5.41) is 3.37. The predicted octanol–water partition coefficient (Wildman–Crippen LogP) is 4.00. The Morgan fingerprint density at radius 2 is 1.63 bits per heavy atom. The topological polar surface area (TPSA) is 66.5 Å². The Morgan fingerprint density at radius 1 is 1.04 bits per heavy atom. The van der Waals surface area contributed by atoms with Gasteiger partial charge in [0.2, 0.25) is 15.9 Å². The fourth-order valence-electron chi connectivity index (χ4n) is 3.19. The number of benzene rings is 2. The van der Waals surface area contributed by atoms with E-state index < -0.39 is 10.0 Å². The van der Waals surface area contributed by atoms with Crippen LogP contribution in [0.25, 0.3) is 0 Å². The van der Waals surface area contributed by atoms with E-state index in [-0.39, 0.29) is 11.8 Å². The highest BCUT2D eigenvalue weighted by atomic mass is 35.5. The number of carbonyl (C=O) groups is 1. The fraction of sp³-hybridized carbons (Fsp3) is 0.350. The summed E-state index contributed by atoms with van der Waals surface area (Å²) >= 11 is 6.14. The van der Waals surface area contributed by atoms with Crippen LogP contribution in [0.1, 0.15) is 24.0 Å². The minimum absolute atomic E-state index is 0.116. The summed E-state index contributed by atoms with van der Waals surface area (Å²) in [4.78, 5) is 12.9. The number of hydrogen-bond acceptors (Lipinski definition) is 3. The molecule has 0 spiro atoms. The van der Waals surface area contributed by atoms with Crippen molar-refractivity contribution in [2.45, 2.75) is 31.6 Å². The molecule has 0 bridgehead atoms. The number of piperidine rings is 1. The second kappa shape index (κ2) is 8.00. The molecule has 0 saturated carbocycles. The quantitative estimate of drug-likeness (QED) is 0.834. The molecule has 3 rings (SSSR count). The third kappa shape index (κ3) is 4.51. The Bertz CT molecular complexity index is 934. The van der Waals surface area contributed by atoms with E-state index in [1.807, 2.05) is 26.0 Å². The maximum Gasteiger partial charge on any atom is 0.243 e. The molecule has 0 unspecified atom stereocenters. The minimum atomic E-state index is -3.52. The van der Waals surface area contributed by atoms with Gasteiger partial charge in [0.25, 0.3) is 0 Å². The molecular weight excluding hydrogens is 384 g/mol. The van der Waals surface area contributed by atoms with Crippen molar-refractivity contribution in [2.24, 2.45) is 5.92 Å². The Morgan fingerprint density at radius 3 is 2.26 bits per heavy atom. The Kier molecular flexibility index (Phi) is 5.89. The van der Waals surface area contributed by atoms with E-state index in [4.69, 9.17) is 11.6 Å². The first-order valence-corrected chi connectivity index (χ1v) is 10.7. The van der Waals surface area contributed by atoms with E-state index in [0.717, 1.165) is 11.1 Å². The zero-order valence-electron chi connectivity index (χ0n) is 15.4. The number of sulfonamides is 1. The third-order valence-electron chi connectivity index (χ3n) is 4.86. The summed E-state index contributed by atoms with van der Waals surface area (Å²) in [6.07, 6.45) is 0.973. The van der Waals surface area contributed by atoms with Gasteiger partial charge in [-0.25, -0.2) is 8.42 Å². The standard InChI is InChI=1S/C20H23ClN2O3S/c1-14-3-6-17(7-4-14)27(25,26)23-11-9-16(10-12-23)20(24)22-19-13-15(2)5-8-18(19)21/h3-8,13,16H,9-12H2,1-2H3,(H,22,24). The Hall–Kier alpha value is -1.89. The molecule has 1 aliphatic rings. The van der Waals surface area contributed by atoms with Gasteiger partial charge in [-0.05, 0) is 56.5 Å². The van der Waals surface area contributed by atoms with E-state index in [2.05, 4.69) is 5.32 Å². The highest BCUT2D eigenvalue weighted by Gasteiger charge is 2.32. The van der Waals surface area contributed by atoms with E-state index in [1.54, 1.807) is 30.3 Å². The van der Waals surface area contributed by atoms with E-state index in [1.165, 1.54) is 4.31 Å². The summed E-state index contributed by atoms with van der Waals surface area (Å²) in [6.45, 7) is 4.51. The number of nitrogens with one attached hydrogen (secondary N) is 1. The first-order chi connectivity index (χ1) is 12.8.